The van der Waals surface area contributed by atoms with Gasteiger partial charge in [0.1, 0.15) is 6.04 Å². The van der Waals surface area contributed by atoms with Gasteiger partial charge in [0.2, 0.25) is 11.8 Å². The second-order valence-electron chi connectivity index (χ2n) is 9.92. The molecule has 0 aromatic heterocycles. The van der Waals surface area contributed by atoms with E-state index in [9.17, 15) is 23.2 Å². The normalized spacial score (nSPS) is 26.3. The van der Waals surface area contributed by atoms with Gasteiger partial charge in [-0.2, -0.15) is 0 Å². The molecule has 3 heterocycles. The molecular formula is C25H34F2N4O4. The van der Waals surface area contributed by atoms with E-state index in [1.54, 1.807) is 4.90 Å². The number of hydrogen-bond acceptors (Lipinski definition) is 6. The van der Waals surface area contributed by atoms with Gasteiger partial charge in [0.05, 0.1) is 12.6 Å². The van der Waals surface area contributed by atoms with Crippen LogP contribution < -0.4 is 10.6 Å². The third kappa shape index (κ3) is 6.55. The quantitative estimate of drug-likeness (QED) is 0.480. The summed E-state index contributed by atoms with van der Waals surface area (Å²) >= 11 is 0. The molecule has 192 valence electrons. The van der Waals surface area contributed by atoms with Gasteiger partial charge < -0.3 is 10.4 Å². The molecule has 0 saturated carbocycles. The number of aliphatic carboxylic acids is 1. The van der Waals surface area contributed by atoms with Crippen molar-refractivity contribution in [3.63, 3.8) is 0 Å². The van der Waals surface area contributed by atoms with E-state index in [1.165, 1.54) is 5.56 Å². The van der Waals surface area contributed by atoms with Crippen LogP contribution in [0.4, 0.5) is 14.5 Å². The molecule has 1 aromatic carbocycles. The maximum Gasteiger partial charge on any atom is 0.303 e. The fourth-order valence-corrected chi connectivity index (χ4v) is 5.52. The Morgan fingerprint density at radius 1 is 1.09 bits per heavy atom. The summed E-state index contributed by atoms with van der Waals surface area (Å²) in [6.07, 6.45) is 3.21. The highest BCUT2D eigenvalue weighted by Gasteiger charge is 2.47. The number of imide groups is 1. The second-order valence-corrected chi connectivity index (χ2v) is 9.92. The van der Waals surface area contributed by atoms with Crippen molar-refractivity contribution < 1.29 is 28.3 Å². The first kappa shape index (κ1) is 25.5. The summed E-state index contributed by atoms with van der Waals surface area (Å²) in [6, 6.07) is 6.72. The fraction of sp³-hybridized carbons (Fsp3) is 0.640. The Morgan fingerprint density at radius 2 is 1.80 bits per heavy atom. The van der Waals surface area contributed by atoms with Gasteiger partial charge in [0.25, 0.3) is 5.92 Å². The lowest BCUT2D eigenvalue weighted by atomic mass is 9.87. The lowest BCUT2D eigenvalue weighted by Gasteiger charge is -2.46. The van der Waals surface area contributed by atoms with Gasteiger partial charge in [-0.25, -0.2) is 8.78 Å². The minimum absolute atomic E-state index is 0.00692. The van der Waals surface area contributed by atoms with E-state index in [0.717, 1.165) is 18.5 Å². The van der Waals surface area contributed by atoms with Gasteiger partial charge in [-0.05, 0) is 75.4 Å². The Bertz CT molecular complexity index is 919. The van der Waals surface area contributed by atoms with E-state index >= 15 is 0 Å². The number of alkyl halides is 2. The van der Waals surface area contributed by atoms with Crippen molar-refractivity contribution in [1.82, 2.24) is 15.1 Å². The van der Waals surface area contributed by atoms with Crippen LogP contribution in [0.25, 0.3) is 0 Å². The number of piperidine rings is 3. The smallest absolute Gasteiger partial charge is 0.303 e. The monoisotopic (exact) mass is 492 g/mol. The largest absolute Gasteiger partial charge is 0.481 e. The lowest BCUT2D eigenvalue weighted by molar-refractivity contribution is -0.138. The predicted octanol–water partition coefficient (Wildman–Crippen LogP) is 2.66. The third-order valence-electron chi connectivity index (χ3n) is 7.44. The highest BCUT2D eigenvalue weighted by Crippen LogP contribution is 2.36. The van der Waals surface area contributed by atoms with Gasteiger partial charge in [-0.1, -0.05) is 12.1 Å². The first-order chi connectivity index (χ1) is 16.7. The number of carboxylic acids is 1. The first-order valence-corrected chi connectivity index (χ1v) is 12.5. The molecule has 2 amide bonds. The summed E-state index contributed by atoms with van der Waals surface area (Å²) in [7, 11) is 0. The average molecular weight is 493 g/mol. The number of nitrogens with one attached hydrogen (secondary N) is 2. The Kier molecular flexibility index (Phi) is 8.01. The Labute approximate surface area is 204 Å². The van der Waals surface area contributed by atoms with E-state index in [0.29, 0.717) is 57.8 Å². The van der Waals surface area contributed by atoms with Gasteiger partial charge in [-0.3, -0.25) is 29.5 Å². The molecule has 0 radical (unpaired) electrons. The molecule has 1 aromatic rings. The van der Waals surface area contributed by atoms with Gasteiger partial charge in [0.15, 0.2) is 0 Å². The number of carbonyl (C=O) groups is 3. The highest BCUT2D eigenvalue weighted by atomic mass is 19.3. The molecule has 0 aliphatic carbocycles. The van der Waals surface area contributed by atoms with Crippen molar-refractivity contribution in [3.05, 3.63) is 29.8 Å². The minimum Gasteiger partial charge on any atom is -0.481 e. The molecule has 35 heavy (non-hydrogen) atoms. The number of hydrogen-bond donors (Lipinski definition) is 3. The summed E-state index contributed by atoms with van der Waals surface area (Å²) in [6.45, 7) is 1.91. The number of carbonyl (C=O) groups excluding carboxylic acids is 2. The number of nitrogens with zero attached hydrogens (tertiary/aromatic N) is 2. The maximum absolute atomic E-state index is 14.9. The van der Waals surface area contributed by atoms with Crippen LogP contribution in [-0.2, 0) is 14.4 Å². The van der Waals surface area contributed by atoms with Crippen molar-refractivity contribution in [2.45, 2.75) is 68.9 Å². The van der Waals surface area contributed by atoms with Crippen LogP contribution in [0.15, 0.2) is 24.3 Å². The van der Waals surface area contributed by atoms with Crippen molar-refractivity contribution >= 4 is 23.5 Å². The zero-order chi connectivity index (χ0) is 25.0. The maximum atomic E-state index is 14.9. The van der Waals surface area contributed by atoms with E-state index in [1.807, 2.05) is 29.2 Å². The number of halogens is 2. The van der Waals surface area contributed by atoms with Crippen LogP contribution in [0.2, 0.25) is 0 Å². The molecule has 4 rings (SSSR count). The zero-order valence-electron chi connectivity index (χ0n) is 19.8. The van der Waals surface area contributed by atoms with Crippen molar-refractivity contribution in [2.24, 2.45) is 0 Å². The first-order valence-electron chi connectivity index (χ1n) is 12.5. The van der Waals surface area contributed by atoms with Gasteiger partial charge in [0, 0.05) is 25.1 Å². The Morgan fingerprint density at radius 3 is 2.43 bits per heavy atom. The molecule has 3 fully saturated rings. The molecule has 3 aliphatic heterocycles. The lowest BCUT2D eigenvalue weighted by Crippen LogP contribution is -2.59. The van der Waals surface area contributed by atoms with Crippen LogP contribution in [0.3, 0.4) is 0 Å². The molecule has 8 nitrogen and oxygen atoms in total. The average Bonchev–Trinajstić information content (AvgIpc) is 2.81. The molecule has 0 bridgehead atoms. The van der Waals surface area contributed by atoms with E-state index < -0.39 is 24.0 Å². The third-order valence-corrected chi connectivity index (χ3v) is 7.44. The number of likely N-dealkylation sites (tertiary alicyclic amines) is 2. The summed E-state index contributed by atoms with van der Waals surface area (Å²) in [5.41, 5.74) is 1.98. The molecule has 0 spiro atoms. The van der Waals surface area contributed by atoms with E-state index in [-0.39, 0.29) is 24.8 Å². The molecule has 3 aliphatic rings. The molecule has 2 unspecified atom stereocenters. The number of benzene rings is 1. The van der Waals surface area contributed by atoms with Crippen LogP contribution in [0.1, 0.15) is 56.4 Å². The number of rotatable bonds is 8. The van der Waals surface area contributed by atoms with Crippen LogP contribution in [0, 0.1) is 0 Å². The topological polar surface area (TPSA) is 102 Å². The van der Waals surface area contributed by atoms with Crippen LogP contribution >= 0.6 is 0 Å². The second kappa shape index (κ2) is 11.0. The molecule has 3 saturated heterocycles. The van der Waals surface area contributed by atoms with E-state index in [4.69, 9.17) is 5.11 Å². The number of amides is 2. The molecule has 10 heteroatoms. The Hall–Kier alpha value is -2.59. The summed E-state index contributed by atoms with van der Waals surface area (Å²) in [5.74, 6) is -3.94. The summed E-state index contributed by atoms with van der Waals surface area (Å²) in [4.78, 5) is 37.5. The van der Waals surface area contributed by atoms with Crippen molar-refractivity contribution in [1.29, 1.82) is 0 Å². The van der Waals surface area contributed by atoms with Gasteiger partial charge in [-0.15, -0.1) is 0 Å². The Balaban J connectivity index is 1.25. The minimum atomic E-state index is -2.81. The van der Waals surface area contributed by atoms with Crippen molar-refractivity contribution in [2.75, 3.05) is 38.0 Å². The van der Waals surface area contributed by atoms with Crippen molar-refractivity contribution in [3.8, 4) is 0 Å². The standard InChI is InChI=1S/C25H34F2N4O4/c26-25(27)16-30(12-1-2-23(33)34)13-11-21(25)31-14-9-18(10-15-31)17-3-5-19(6-4-17)28-20-7-8-22(32)29-24(20)35/h3-6,18,20-21,28H,1-2,7-16H2,(H,33,34)(H,29,32,35). The SMILES string of the molecule is O=C(O)CCCN1CCC(N2CCC(c3ccc(NC4CCC(=O)NC4=O)cc3)CC2)C(F)(F)C1. The molecule has 2 atom stereocenters. The predicted molar refractivity (Wildman–Crippen MR) is 126 cm³/mol. The highest BCUT2D eigenvalue weighted by molar-refractivity contribution is 6.01. The molecule has 3 N–H and O–H groups in total. The summed E-state index contributed by atoms with van der Waals surface area (Å²) < 4.78 is 29.9. The molecular weight excluding hydrogens is 458 g/mol. The fourth-order valence-electron chi connectivity index (χ4n) is 5.52. The number of carboxylic acid groups (broad SMARTS) is 1. The number of anilines is 1. The van der Waals surface area contributed by atoms with Crippen LogP contribution in [0.5, 0.6) is 0 Å². The van der Waals surface area contributed by atoms with Gasteiger partial charge >= 0.3 is 5.97 Å². The van der Waals surface area contributed by atoms with E-state index in [2.05, 4.69) is 10.6 Å². The zero-order valence-corrected chi connectivity index (χ0v) is 19.8. The summed E-state index contributed by atoms with van der Waals surface area (Å²) in [5, 5.41) is 14.3. The van der Waals surface area contributed by atoms with Crippen LogP contribution in [-0.4, -0.2) is 83.4 Å².